The minimum Gasteiger partial charge on any atom is -0.352 e. The third kappa shape index (κ3) is 4.20. The number of aliphatic imine (C=N–C) groups is 1. The molecule has 0 radical (unpaired) electrons. The average Bonchev–Trinajstić information content (AvgIpc) is 2.93. The molecule has 1 heterocycles. The van der Waals surface area contributed by atoms with E-state index < -0.39 is 10.0 Å². The molecule has 0 atom stereocenters. The van der Waals surface area contributed by atoms with Gasteiger partial charge in [0.2, 0.25) is 10.0 Å². The summed E-state index contributed by atoms with van der Waals surface area (Å²) in [6, 6.07) is 6.70. The monoisotopic (exact) mass is 464 g/mol. The zero-order chi connectivity index (χ0) is 16.5. The topological polar surface area (TPSA) is 87.8 Å². The molecule has 1 aliphatic carbocycles. The summed E-state index contributed by atoms with van der Waals surface area (Å²) in [5.41, 5.74) is 1.39. The molecular formula is C16H25IN4O2S. The van der Waals surface area contributed by atoms with Crippen molar-refractivity contribution in [3.8, 4) is 0 Å². The predicted molar refractivity (Wildman–Crippen MR) is 106 cm³/mol. The van der Waals surface area contributed by atoms with Crippen molar-refractivity contribution in [1.29, 1.82) is 0 Å². The van der Waals surface area contributed by atoms with Gasteiger partial charge in [-0.1, -0.05) is 18.6 Å². The second-order valence-corrected chi connectivity index (χ2v) is 8.18. The molecule has 134 valence electrons. The number of guanidine groups is 1. The Labute approximate surface area is 161 Å². The van der Waals surface area contributed by atoms with Crippen LogP contribution in [0.2, 0.25) is 0 Å². The first-order chi connectivity index (χ1) is 10.9. The highest BCUT2D eigenvalue weighted by molar-refractivity contribution is 14.0. The number of hydrogen-bond donors (Lipinski definition) is 2. The Balaban J connectivity index is 0.00000208. The Hall–Kier alpha value is -0.870. The fourth-order valence-electron chi connectivity index (χ4n) is 3.55. The molecule has 2 fully saturated rings. The highest BCUT2D eigenvalue weighted by atomic mass is 127. The maximum atomic E-state index is 11.4. The second-order valence-electron chi connectivity index (χ2n) is 6.62. The smallest absolute Gasteiger partial charge is 0.238 e. The Morgan fingerprint density at radius 2 is 2.12 bits per heavy atom. The van der Waals surface area contributed by atoms with Gasteiger partial charge in [0.1, 0.15) is 0 Å². The summed E-state index contributed by atoms with van der Waals surface area (Å²) in [4.78, 5) is 6.82. The molecule has 24 heavy (non-hydrogen) atoms. The van der Waals surface area contributed by atoms with Crippen LogP contribution in [0.5, 0.6) is 0 Å². The van der Waals surface area contributed by atoms with E-state index in [9.17, 15) is 8.42 Å². The molecule has 1 saturated heterocycles. The van der Waals surface area contributed by atoms with Crippen LogP contribution < -0.4 is 10.5 Å². The predicted octanol–water partition coefficient (Wildman–Crippen LogP) is 1.90. The molecule has 1 spiro atoms. The Bertz CT molecular complexity index is 717. The lowest BCUT2D eigenvalue weighted by Gasteiger charge is -2.38. The summed E-state index contributed by atoms with van der Waals surface area (Å²) >= 11 is 0. The normalized spacial score (nSPS) is 19.8. The van der Waals surface area contributed by atoms with Crippen LogP contribution >= 0.6 is 24.0 Å². The van der Waals surface area contributed by atoms with Gasteiger partial charge in [-0.3, -0.25) is 4.99 Å². The minimum atomic E-state index is -3.66. The molecule has 2 aliphatic rings. The zero-order valence-electron chi connectivity index (χ0n) is 13.9. The van der Waals surface area contributed by atoms with Crippen molar-refractivity contribution < 1.29 is 8.42 Å². The third-order valence-corrected chi connectivity index (χ3v) is 5.95. The second kappa shape index (κ2) is 7.57. The first-order valence-electron chi connectivity index (χ1n) is 7.99. The Morgan fingerprint density at radius 3 is 2.67 bits per heavy atom. The quantitative estimate of drug-likeness (QED) is 0.407. The number of nitrogens with two attached hydrogens (primary N) is 1. The molecular weight excluding hydrogens is 439 g/mol. The molecule has 1 saturated carbocycles. The van der Waals surface area contributed by atoms with Gasteiger partial charge in [0, 0.05) is 26.7 Å². The summed E-state index contributed by atoms with van der Waals surface area (Å²) in [6.45, 7) is 2.64. The van der Waals surface area contributed by atoms with Crippen LogP contribution in [0.15, 0.2) is 34.2 Å². The van der Waals surface area contributed by atoms with Crippen molar-refractivity contribution in [2.75, 3.05) is 20.1 Å². The fourth-order valence-corrected chi connectivity index (χ4v) is 4.13. The van der Waals surface area contributed by atoms with E-state index in [1.54, 1.807) is 19.2 Å². The van der Waals surface area contributed by atoms with Crippen LogP contribution in [0.25, 0.3) is 0 Å². The molecule has 0 aromatic heterocycles. The van der Waals surface area contributed by atoms with E-state index in [0.29, 0.717) is 12.0 Å². The molecule has 3 rings (SSSR count). The van der Waals surface area contributed by atoms with Gasteiger partial charge in [-0.25, -0.2) is 13.6 Å². The minimum absolute atomic E-state index is 0. The molecule has 1 aromatic carbocycles. The van der Waals surface area contributed by atoms with E-state index in [4.69, 9.17) is 5.14 Å². The van der Waals surface area contributed by atoms with Gasteiger partial charge in [0.15, 0.2) is 5.96 Å². The number of benzene rings is 1. The van der Waals surface area contributed by atoms with Crippen LogP contribution in [-0.2, 0) is 16.6 Å². The highest BCUT2D eigenvalue weighted by Gasteiger charge is 2.43. The first kappa shape index (κ1) is 19.5. The van der Waals surface area contributed by atoms with E-state index in [1.807, 2.05) is 6.07 Å². The summed E-state index contributed by atoms with van der Waals surface area (Å²) in [7, 11) is -1.88. The zero-order valence-corrected chi connectivity index (χ0v) is 17.0. The van der Waals surface area contributed by atoms with E-state index >= 15 is 0 Å². The molecule has 0 amide bonds. The fraction of sp³-hybridized carbons (Fsp3) is 0.562. The van der Waals surface area contributed by atoms with Crippen molar-refractivity contribution in [3.63, 3.8) is 0 Å². The number of likely N-dealkylation sites (tertiary alicyclic amines) is 1. The van der Waals surface area contributed by atoms with Gasteiger partial charge < -0.3 is 10.2 Å². The van der Waals surface area contributed by atoms with Crippen LogP contribution in [0.4, 0.5) is 0 Å². The number of halogens is 1. The highest BCUT2D eigenvalue weighted by Crippen LogP contribution is 2.47. The summed E-state index contributed by atoms with van der Waals surface area (Å²) < 4.78 is 22.8. The van der Waals surface area contributed by atoms with Crippen molar-refractivity contribution >= 4 is 40.0 Å². The summed E-state index contributed by atoms with van der Waals surface area (Å²) in [5, 5.41) is 8.51. The van der Waals surface area contributed by atoms with Crippen molar-refractivity contribution in [2.24, 2.45) is 15.5 Å². The third-order valence-electron chi connectivity index (χ3n) is 5.04. The number of primary sulfonamides is 1. The van der Waals surface area contributed by atoms with Crippen LogP contribution in [0, 0.1) is 5.41 Å². The lowest BCUT2D eigenvalue weighted by molar-refractivity contribution is 0.151. The Morgan fingerprint density at radius 1 is 1.38 bits per heavy atom. The number of nitrogens with zero attached hydrogens (tertiary/aromatic N) is 2. The van der Waals surface area contributed by atoms with Crippen molar-refractivity contribution in [2.45, 2.75) is 37.1 Å². The molecule has 0 bridgehead atoms. The van der Waals surface area contributed by atoms with E-state index in [2.05, 4.69) is 15.2 Å². The van der Waals surface area contributed by atoms with Crippen LogP contribution in [0.1, 0.15) is 31.2 Å². The number of hydrogen-bond acceptors (Lipinski definition) is 3. The van der Waals surface area contributed by atoms with Crippen LogP contribution in [-0.4, -0.2) is 39.4 Å². The summed E-state index contributed by atoms with van der Waals surface area (Å²) in [5.74, 6) is 0.884. The Kier molecular flexibility index (Phi) is 6.14. The number of sulfonamides is 1. The standard InChI is InChI=1S/C16H24N4O2S.HI/c1-18-15(20-9-8-16(12-20)6-3-7-16)19-11-13-4-2-5-14(10-13)23(17,21)22;/h2,4-5,10H,3,6-9,11-12H2,1H3,(H,18,19)(H2,17,21,22);1H. The number of nitrogens with one attached hydrogen (secondary N) is 1. The lowest BCUT2D eigenvalue weighted by Crippen LogP contribution is -2.42. The molecule has 0 unspecified atom stereocenters. The van der Waals surface area contributed by atoms with Gasteiger partial charge in [0.25, 0.3) is 0 Å². The molecule has 1 aliphatic heterocycles. The maximum Gasteiger partial charge on any atom is 0.238 e. The van der Waals surface area contributed by atoms with Crippen molar-refractivity contribution in [1.82, 2.24) is 10.2 Å². The summed E-state index contributed by atoms with van der Waals surface area (Å²) in [6.07, 6.45) is 5.25. The van der Waals surface area contributed by atoms with E-state index in [1.165, 1.54) is 31.7 Å². The van der Waals surface area contributed by atoms with Gasteiger partial charge in [0.05, 0.1) is 4.90 Å². The molecule has 1 aromatic rings. The van der Waals surface area contributed by atoms with Gasteiger partial charge in [-0.15, -0.1) is 24.0 Å². The van der Waals surface area contributed by atoms with Crippen LogP contribution in [0.3, 0.4) is 0 Å². The van der Waals surface area contributed by atoms with Crippen molar-refractivity contribution in [3.05, 3.63) is 29.8 Å². The van der Waals surface area contributed by atoms with E-state index in [-0.39, 0.29) is 28.9 Å². The lowest BCUT2D eigenvalue weighted by atomic mass is 9.68. The maximum absolute atomic E-state index is 11.4. The SMILES string of the molecule is CN=C(NCc1cccc(S(N)(=O)=O)c1)N1CCC2(CCC2)C1.I. The molecule has 6 nitrogen and oxygen atoms in total. The van der Waals surface area contributed by atoms with Gasteiger partial charge in [-0.2, -0.15) is 0 Å². The average molecular weight is 464 g/mol. The van der Waals surface area contributed by atoms with E-state index in [0.717, 1.165) is 24.6 Å². The van der Waals surface area contributed by atoms with Gasteiger partial charge in [-0.05, 0) is 42.4 Å². The molecule has 3 N–H and O–H groups in total. The number of rotatable bonds is 3. The van der Waals surface area contributed by atoms with Gasteiger partial charge >= 0.3 is 0 Å². The largest absolute Gasteiger partial charge is 0.352 e. The first-order valence-corrected chi connectivity index (χ1v) is 9.54. The molecule has 8 heteroatoms.